The van der Waals surface area contributed by atoms with Gasteiger partial charge in [0.1, 0.15) is 11.6 Å². The molecule has 0 aliphatic carbocycles. The van der Waals surface area contributed by atoms with E-state index in [-0.39, 0.29) is 18.3 Å². The summed E-state index contributed by atoms with van der Waals surface area (Å²) < 4.78 is 0. The molecule has 0 spiro atoms. The van der Waals surface area contributed by atoms with Crippen molar-refractivity contribution in [2.75, 3.05) is 23.3 Å². The summed E-state index contributed by atoms with van der Waals surface area (Å²) in [5.74, 6) is 1.61. The normalized spacial score (nSPS) is 16.0. The topological polar surface area (TPSA) is 91.2 Å². The molecule has 3 heterocycles. The zero-order chi connectivity index (χ0) is 23.4. The van der Waals surface area contributed by atoms with Gasteiger partial charge in [0.2, 0.25) is 5.95 Å². The molecule has 33 heavy (non-hydrogen) atoms. The van der Waals surface area contributed by atoms with Crippen LogP contribution in [0.15, 0.2) is 42.6 Å². The predicted octanol–water partition coefficient (Wildman–Crippen LogP) is 4.87. The number of Topliss-reactive ketones (excluding diaryl/α,β-unsaturated/α-hetero) is 1. The van der Waals surface area contributed by atoms with Gasteiger partial charge in [0, 0.05) is 37.5 Å². The molecule has 0 amide bonds. The zero-order valence-electron chi connectivity index (χ0n) is 18.3. The number of aromatic nitrogens is 3. The minimum atomic E-state index is -0.369. The summed E-state index contributed by atoms with van der Waals surface area (Å²) in [5, 5.41) is 13.9. The lowest BCUT2D eigenvalue weighted by Crippen LogP contribution is -2.39. The highest BCUT2D eigenvalue weighted by Crippen LogP contribution is 2.26. The number of ketones is 1. The number of aliphatic hydroxyl groups is 1. The number of nitrogens with zero attached hydrogens (tertiary/aromatic N) is 4. The van der Waals surface area contributed by atoms with Gasteiger partial charge in [-0.25, -0.2) is 9.97 Å². The molecule has 1 aromatic carbocycles. The lowest BCUT2D eigenvalue weighted by molar-refractivity contribution is 0.0993. The smallest absolute Gasteiger partial charge is 0.227 e. The van der Waals surface area contributed by atoms with E-state index in [2.05, 4.69) is 20.3 Å². The number of benzene rings is 1. The van der Waals surface area contributed by atoms with Gasteiger partial charge in [0.25, 0.3) is 0 Å². The fourth-order valence-corrected chi connectivity index (χ4v) is 4.44. The molecule has 0 radical (unpaired) electrons. The lowest BCUT2D eigenvalue weighted by Gasteiger charge is -2.30. The summed E-state index contributed by atoms with van der Waals surface area (Å²) in [7, 11) is 0. The van der Waals surface area contributed by atoms with Crippen molar-refractivity contribution < 1.29 is 9.90 Å². The maximum absolute atomic E-state index is 12.8. The first-order valence-corrected chi connectivity index (χ1v) is 11.7. The van der Waals surface area contributed by atoms with Gasteiger partial charge >= 0.3 is 0 Å². The lowest BCUT2D eigenvalue weighted by atomic mass is 10.0. The number of nitrogens with one attached hydrogen (secondary N) is 1. The Labute approximate surface area is 202 Å². The molecule has 0 bridgehead atoms. The van der Waals surface area contributed by atoms with Crippen molar-refractivity contribution in [1.29, 1.82) is 0 Å². The monoisotopic (exact) mass is 485 g/mol. The third kappa shape index (κ3) is 5.79. The molecule has 1 aliphatic rings. The number of β-amino-alcohol motifs (C(OH)–C–C–N with tert-alkyl or cyclic N) is 1. The molecule has 9 heteroatoms. The van der Waals surface area contributed by atoms with Crippen LogP contribution in [0.5, 0.6) is 0 Å². The number of carbonyl (C=O) groups excluding carboxylic acids is 1. The molecule has 1 fully saturated rings. The molecular formula is C24H25Cl2N5O2. The Morgan fingerprint density at radius 2 is 1.97 bits per heavy atom. The van der Waals surface area contributed by atoms with E-state index < -0.39 is 0 Å². The first-order chi connectivity index (χ1) is 15.9. The van der Waals surface area contributed by atoms with Crippen molar-refractivity contribution in [1.82, 2.24) is 15.0 Å². The van der Waals surface area contributed by atoms with Crippen molar-refractivity contribution >= 4 is 46.6 Å². The van der Waals surface area contributed by atoms with Gasteiger partial charge in [-0.15, -0.1) is 0 Å². The number of hydrogen-bond acceptors (Lipinski definition) is 7. The van der Waals surface area contributed by atoms with Crippen LogP contribution in [0, 0.1) is 0 Å². The number of pyridine rings is 1. The zero-order valence-corrected chi connectivity index (χ0v) is 19.8. The van der Waals surface area contributed by atoms with Crippen LogP contribution in [0.1, 0.15) is 41.4 Å². The van der Waals surface area contributed by atoms with Gasteiger partial charge in [0.05, 0.1) is 21.7 Å². The van der Waals surface area contributed by atoms with Gasteiger partial charge in [-0.3, -0.25) is 4.79 Å². The largest absolute Gasteiger partial charge is 0.391 e. The Morgan fingerprint density at radius 3 is 2.70 bits per heavy atom. The molecule has 7 nitrogen and oxygen atoms in total. The number of aryl methyl sites for hydroxylation is 1. The van der Waals surface area contributed by atoms with E-state index in [0.717, 1.165) is 37.1 Å². The molecule has 2 aromatic heterocycles. The Bertz CT molecular complexity index is 1140. The number of carbonyl (C=O) groups is 1. The van der Waals surface area contributed by atoms with Crippen LogP contribution in [0.2, 0.25) is 10.0 Å². The average Bonchev–Trinajstić information content (AvgIpc) is 2.79. The molecular weight excluding hydrogens is 461 g/mol. The number of piperidine rings is 1. The summed E-state index contributed by atoms with van der Waals surface area (Å²) in [6.45, 7) is 3.36. The average molecular weight is 486 g/mol. The van der Waals surface area contributed by atoms with Crippen molar-refractivity contribution in [2.45, 2.75) is 38.7 Å². The number of rotatable bonds is 7. The Morgan fingerprint density at radius 1 is 1.18 bits per heavy atom. The molecule has 0 unspecified atom stereocenters. The number of hydrogen-bond donors (Lipinski definition) is 2. The highest BCUT2D eigenvalue weighted by Gasteiger charge is 2.21. The van der Waals surface area contributed by atoms with Crippen LogP contribution >= 0.6 is 23.2 Å². The van der Waals surface area contributed by atoms with Gasteiger partial charge in [-0.1, -0.05) is 36.2 Å². The van der Waals surface area contributed by atoms with Crippen LogP contribution in [0.25, 0.3) is 0 Å². The number of aliphatic hydroxyl groups excluding tert-OH is 1. The molecule has 3 aromatic rings. The molecule has 4 rings (SSSR count). The van der Waals surface area contributed by atoms with Crippen molar-refractivity contribution in [3.05, 3.63) is 69.5 Å². The summed E-state index contributed by atoms with van der Waals surface area (Å²) in [6.07, 6.45) is 3.86. The highest BCUT2D eigenvalue weighted by atomic mass is 35.5. The minimum Gasteiger partial charge on any atom is -0.391 e. The van der Waals surface area contributed by atoms with Crippen LogP contribution in [-0.2, 0) is 12.8 Å². The maximum Gasteiger partial charge on any atom is 0.227 e. The van der Waals surface area contributed by atoms with E-state index in [1.807, 2.05) is 17.9 Å². The van der Waals surface area contributed by atoms with Gasteiger partial charge < -0.3 is 15.3 Å². The molecule has 1 saturated heterocycles. The summed E-state index contributed by atoms with van der Waals surface area (Å²) in [6, 6.07) is 10.5. The van der Waals surface area contributed by atoms with Crippen molar-refractivity contribution in [3.63, 3.8) is 0 Å². The highest BCUT2D eigenvalue weighted by molar-refractivity contribution is 6.39. The summed E-state index contributed by atoms with van der Waals surface area (Å²) in [5.41, 5.74) is 1.99. The predicted molar refractivity (Wildman–Crippen MR) is 131 cm³/mol. The van der Waals surface area contributed by atoms with Gasteiger partial charge in [0.15, 0.2) is 5.78 Å². The van der Waals surface area contributed by atoms with Crippen LogP contribution < -0.4 is 10.2 Å². The van der Waals surface area contributed by atoms with E-state index in [4.69, 9.17) is 23.2 Å². The van der Waals surface area contributed by atoms with Crippen molar-refractivity contribution in [3.8, 4) is 0 Å². The minimum absolute atomic E-state index is 0.140. The van der Waals surface area contributed by atoms with E-state index in [9.17, 15) is 9.90 Å². The van der Waals surface area contributed by atoms with Crippen LogP contribution in [0.4, 0.5) is 17.6 Å². The second-order valence-electron chi connectivity index (χ2n) is 8.01. The quantitative estimate of drug-likeness (QED) is 0.461. The van der Waals surface area contributed by atoms with Crippen molar-refractivity contribution in [2.24, 2.45) is 0 Å². The Balaban J connectivity index is 1.53. The third-order valence-electron chi connectivity index (χ3n) is 5.50. The first-order valence-electron chi connectivity index (χ1n) is 10.9. The summed E-state index contributed by atoms with van der Waals surface area (Å²) in [4.78, 5) is 28.5. The van der Waals surface area contributed by atoms with Gasteiger partial charge in [-0.05, 0) is 49.1 Å². The third-order valence-corrected chi connectivity index (χ3v) is 6.13. The number of halogens is 2. The second kappa shape index (κ2) is 10.5. The number of anilines is 3. The fourth-order valence-electron chi connectivity index (χ4n) is 3.83. The van der Waals surface area contributed by atoms with E-state index >= 15 is 0 Å². The SMILES string of the molecule is CCc1cc(Nc2cc(CC(=O)c3c(Cl)cccc3Cl)ccn2)nc(N2CCC[C@@H](O)C2)n1. The molecule has 172 valence electrons. The molecule has 1 aliphatic heterocycles. The first kappa shape index (κ1) is 23.4. The summed E-state index contributed by atoms with van der Waals surface area (Å²) >= 11 is 12.4. The van der Waals surface area contributed by atoms with E-state index in [1.54, 1.807) is 36.5 Å². The van der Waals surface area contributed by atoms with E-state index in [0.29, 0.717) is 39.7 Å². The maximum atomic E-state index is 12.8. The standard InChI is InChI=1S/C24H25Cl2N5O2/c1-2-16-13-22(30-24(28-16)31-10-4-5-17(32)14-31)29-21-12-15(8-9-27-21)11-20(33)23-18(25)6-3-7-19(23)26/h3,6-9,12-13,17,32H,2,4-5,10-11,14H2,1H3,(H,27,28,29,30)/t17-/m1/s1. The Hall–Kier alpha value is -2.74. The van der Waals surface area contributed by atoms with Crippen LogP contribution in [0.3, 0.4) is 0 Å². The molecule has 2 N–H and O–H groups in total. The molecule has 0 saturated carbocycles. The Kier molecular flexibility index (Phi) is 7.42. The van der Waals surface area contributed by atoms with Gasteiger partial charge in [-0.2, -0.15) is 4.98 Å². The van der Waals surface area contributed by atoms with E-state index in [1.165, 1.54) is 0 Å². The molecule has 1 atom stereocenters. The second-order valence-corrected chi connectivity index (χ2v) is 8.83. The fraction of sp³-hybridized carbons (Fsp3) is 0.333. The van der Waals surface area contributed by atoms with Crippen LogP contribution in [-0.4, -0.2) is 45.0 Å².